The highest BCUT2D eigenvalue weighted by atomic mass is 16.1. The summed E-state index contributed by atoms with van der Waals surface area (Å²) >= 11 is 0. The summed E-state index contributed by atoms with van der Waals surface area (Å²) < 4.78 is 2.04. The predicted molar refractivity (Wildman–Crippen MR) is 57.2 cm³/mol. The number of carbonyl (C=O) groups is 1. The quantitative estimate of drug-likeness (QED) is 0.729. The van der Waals surface area contributed by atoms with Crippen molar-refractivity contribution < 1.29 is 9.36 Å². The number of nitrogens with one attached hydrogen (secondary N) is 1. The standard InChI is InChI=1S/C12H16N2O/c1-10-4-7-14(8-5-10)9-6-12(15)13-11-2-3-11/h4-5,7-8,11H,2-3,6,9H2,1H3/p+1. The molecule has 1 fully saturated rings. The lowest BCUT2D eigenvalue weighted by molar-refractivity contribution is -0.695. The zero-order valence-corrected chi connectivity index (χ0v) is 9.07. The molecular formula is C12H17N2O+. The lowest BCUT2D eigenvalue weighted by Gasteiger charge is -2.00. The maximum Gasteiger partial charge on any atom is 0.226 e. The van der Waals surface area contributed by atoms with Gasteiger partial charge in [0.25, 0.3) is 0 Å². The van der Waals surface area contributed by atoms with Crippen LogP contribution in [0.25, 0.3) is 0 Å². The first-order valence-electron chi connectivity index (χ1n) is 5.49. The molecule has 1 N–H and O–H groups in total. The molecule has 0 bridgehead atoms. The van der Waals surface area contributed by atoms with Crippen molar-refractivity contribution in [3.63, 3.8) is 0 Å². The molecule has 1 heterocycles. The molecule has 1 amide bonds. The van der Waals surface area contributed by atoms with E-state index < -0.39 is 0 Å². The Balaban J connectivity index is 1.76. The zero-order valence-electron chi connectivity index (χ0n) is 9.07. The van der Waals surface area contributed by atoms with Crippen LogP contribution in [0.4, 0.5) is 0 Å². The number of nitrogens with zero attached hydrogens (tertiary/aromatic N) is 1. The number of aryl methyl sites for hydroxylation is 2. The van der Waals surface area contributed by atoms with Gasteiger partial charge in [-0.25, -0.2) is 4.57 Å². The number of aromatic nitrogens is 1. The molecule has 0 aliphatic heterocycles. The topological polar surface area (TPSA) is 33.0 Å². The molecule has 0 aromatic carbocycles. The molecule has 0 radical (unpaired) electrons. The first-order valence-corrected chi connectivity index (χ1v) is 5.49. The van der Waals surface area contributed by atoms with Gasteiger partial charge in [0, 0.05) is 18.2 Å². The molecular weight excluding hydrogens is 188 g/mol. The molecule has 0 atom stereocenters. The van der Waals surface area contributed by atoms with Gasteiger partial charge in [-0.2, -0.15) is 0 Å². The molecule has 0 unspecified atom stereocenters. The Labute approximate surface area is 90.1 Å². The third-order valence-electron chi connectivity index (χ3n) is 2.60. The van der Waals surface area contributed by atoms with E-state index in [0.29, 0.717) is 12.5 Å². The van der Waals surface area contributed by atoms with Crippen LogP contribution in [0, 0.1) is 6.92 Å². The smallest absolute Gasteiger partial charge is 0.226 e. The minimum absolute atomic E-state index is 0.172. The molecule has 1 aromatic heterocycles. The number of pyridine rings is 1. The van der Waals surface area contributed by atoms with E-state index in [2.05, 4.69) is 24.4 Å². The van der Waals surface area contributed by atoms with Gasteiger partial charge in [0.05, 0.1) is 6.42 Å². The third kappa shape index (κ3) is 3.35. The van der Waals surface area contributed by atoms with Gasteiger partial charge in [-0.1, -0.05) is 0 Å². The maximum atomic E-state index is 11.4. The van der Waals surface area contributed by atoms with Gasteiger partial charge in [0.1, 0.15) is 0 Å². The van der Waals surface area contributed by atoms with E-state index in [1.54, 1.807) is 0 Å². The third-order valence-corrected chi connectivity index (χ3v) is 2.60. The molecule has 1 aliphatic rings. The van der Waals surface area contributed by atoms with Crippen molar-refractivity contribution in [2.45, 2.75) is 38.8 Å². The number of amides is 1. The van der Waals surface area contributed by atoms with Gasteiger partial charge >= 0.3 is 0 Å². The minimum Gasteiger partial charge on any atom is -0.353 e. The van der Waals surface area contributed by atoms with Crippen molar-refractivity contribution in [2.24, 2.45) is 0 Å². The van der Waals surface area contributed by atoms with Crippen LogP contribution in [-0.4, -0.2) is 11.9 Å². The van der Waals surface area contributed by atoms with E-state index in [9.17, 15) is 4.79 Å². The molecule has 1 aliphatic carbocycles. The summed E-state index contributed by atoms with van der Waals surface area (Å²) in [6, 6.07) is 4.58. The molecule has 1 aromatic rings. The average Bonchev–Trinajstić information content (AvgIpc) is 3.01. The molecule has 0 spiro atoms. The summed E-state index contributed by atoms with van der Waals surface area (Å²) in [5.74, 6) is 0.172. The average molecular weight is 205 g/mol. The zero-order chi connectivity index (χ0) is 10.7. The van der Waals surface area contributed by atoms with Gasteiger partial charge in [0.2, 0.25) is 5.91 Å². The molecule has 3 nitrogen and oxygen atoms in total. The van der Waals surface area contributed by atoms with Crippen molar-refractivity contribution in [1.82, 2.24) is 5.32 Å². The highest BCUT2D eigenvalue weighted by molar-refractivity contribution is 5.76. The van der Waals surface area contributed by atoms with E-state index in [1.807, 2.05) is 17.0 Å². The van der Waals surface area contributed by atoms with Crippen LogP contribution >= 0.6 is 0 Å². The second-order valence-corrected chi connectivity index (χ2v) is 4.21. The van der Waals surface area contributed by atoms with Gasteiger partial charge in [-0.05, 0) is 25.3 Å². The van der Waals surface area contributed by atoms with Crippen LogP contribution in [0.2, 0.25) is 0 Å². The fraction of sp³-hybridized carbons (Fsp3) is 0.500. The SMILES string of the molecule is Cc1cc[n+](CCC(=O)NC2CC2)cc1. The van der Waals surface area contributed by atoms with Gasteiger partial charge in [-0.3, -0.25) is 4.79 Å². The summed E-state index contributed by atoms with van der Waals surface area (Å²) in [7, 11) is 0. The second kappa shape index (κ2) is 4.43. The van der Waals surface area contributed by atoms with Crippen LogP contribution in [0.1, 0.15) is 24.8 Å². The first-order chi connectivity index (χ1) is 7.24. The Morgan fingerprint density at radius 3 is 2.73 bits per heavy atom. The van der Waals surface area contributed by atoms with Crippen molar-refractivity contribution in [3.8, 4) is 0 Å². The fourth-order valence-electron chi connectivity index (χ4n) is 1.44. The predicted octanol–water partition coefficient (Wildman–Crippen LogP) is 0.951. The van der Waals surface area contributed by atoms with E-state index in [-0.39, 0.29) is 5.91 Å². The van der Waals surface area contributed by atoms with Crippen molar-refractivity contribution in [1.29, 1.82) is 0 Å². The Bertz CT molecular complexity index is 341. The summed E-state index contributed by atoms with van der Waals surface area (Å²) in [6.45, 7) is 2.82. The fourth-order valence-corrected chi connectivity index (χ4v) is 1.44. The minimum atomic E-state index is 0.172. The van der Waals surface area contributed by atoms with Crippen LogP contribution in [-0.2, 0) is 11.3 Å². The molecule has 2 rings (SSSR count). The largest absolute Gasteiger partial charge is 0.353 e. The highest BCUT2D eigenvalue weighted by Crippen LogP contribution is 2.18. The van der Waals surface area contributed by atoms with Gasteiger partial charge in [-0.15, -0.1) is 0 Å². The number of carbonyl (C=O) groups excluding carboxylic acids is 1. The highest BCUT2D eigenvalue weighted by Gasteiger charge is 2.23. The summed E-state index contributed by atoms with van der Waals surface area (Å²) in [4.78, 5) is 11.4. The second-order valence-electron chi connectivity index (χ2n) is 4.21. The van der Waals surface area contributed by atoms with Gasteiger partial charge < -0.3 is 5.32 Å². The van der Waals surface area contributed by atoms with Crippen LogP contribution in [0.5, 0.6) is 0 Å². The monoisotopic (exact) mass is 205 g/mol. The Hall–Kier alpha value is -1.38. The van der Waals surface area contributed by atoms with E-state index in [0.717, 1.165) is 19.4 Å². The molecule has 80 valence electrons. The molecule has 0 saturated heterocycles. The Morgan fingerprint density at radius 1 is 1.47 bits per heavy atom. The Kier molecular flexibility index (Phi) is 2.99. The number of hydrogen-bond donors (Lipinski definition) is 1. The first kappa shape index (κ1) is 10.1. The normalized spacial score (nSPS) is 15.0. The van der Waals surface area contributed by atoms with Crippen molar-refractivity contribution in [3.05, 3.63) is 30.1 Å². The summed E-state index contributed by atoms with van der Waals surface area (Å²) in [5, 5.41) is 2.98. The lowest BCUT2D eigenvalue weighted by atomic mass is 10.3. The molecule has 3 heteroatoms. The Morgan fingerprint density at radius 2 is 2.13 bits per heavy atom. The van der Waals surface area contributed by atoms with Crippen molar-refractivity contribution >= 4 is 5.91 Å². The van der Waals surface area contributed by atoms with Crippen LogP contribution < -0.4 is 9.88 Å². The van der Waals surface area contributed by atoms with Crippen LogP contribution in [0.3, 0.4) is 0 Å². The van der Waals surface area contributed by atoms with Crippen LogP contribution in [0.15, 0.2) is 24.5 Å². The van der Waals surface area contributed by atoms with Crippen molar-refractivity contribution in [2.75, 3.05) is 0 Å². The maximum absolute atomic E-state index is 11.4. The lowest BCUT2D eigenvalue weighted by Crippen LogP contribution is -2.36. The number of rotatable bonds is 4. The van der Waals surface area contributed by atoms with E-state index >= 15 is 0 Å². The van der Waals surface area contributed by atoms with E-state index in [1.165, 1.54) is 5.56 Å². The molecule has 15 heavy (non-hydrogen) atoms. The number of hydrogen-bond acceptors (Lipinski definition) is 1. The summed E-state index contributed by atoms with van der Waals surface area (Å²) in [5.41, 5.74) is 1.24. The molecule has 1 saturated carbocycles. The van der Waals surface area contributed by atoms with E-state index in [4.69, 9.17) is 0 Å². The van der Waals surface area contributed by atoms with Gasteiger partial charge in [0.15, 0.2) is 18.9 Å². The summed E-state index contributed by atoms with van der Waals surface area (Å²) in [6.07, 6.45) is 6.91.